The van der Waals surface area contributed by atoms with Crippen molar-refractivity contribution >= 4 is 21.4 Å². The largest absolute Gasteiger partial charge is 0.285 e. The molecule has 122 valence electrons. The Morgan fingerprint density at radius 1 is 1.21 bits per heavy atom. The van der Waals surface area contributed by atoms with Crippen molar-refractivity contribution in [3.63, 3.8) is 0 Å². The van der Waals surface area contributed by atoms with Crippen LogP contribution in [-0.4, -0.2) is 29.6 Å². The monoisotopic (exact) mass is 341 g/mol. The molecule has 2 aromatic heterocycles. The Morgan fingerprint density at radius 2 is 2.00 bits per heavy atom. The predicted molar refractivity (Wildman–Crippen MR) is 89.0 cm³/mol. The summed E-state index contributed by atoms with van der Waals surface area (Å²) in [4.78, 5) is 0.0784. The van der Waals surface area contributed by atoms with Crippen LogP contribution in [0.2, 0.25) is 0 Å². The first-order valence-corrected chi connectivity index (χ1v) is 8.65. The van der Waals surface area contributed by atoms with E-state index in [9.17, 15) is 8.42 Å². The third-order valence-corrected chi connectivity index (χ3v) is 5.40. The zero-order valence-corrected chi connectivity index (χ0v) is 14.0. The molecule has 0 radical (unpaired) electrons. The Hall–Kier alpha value is -2.92. The highest BCUT2D eigenvalue weighted by Crippen LogP contribution is 2.24. The number of sulfonamides is 1. The molecule has 3 aromatic rings. The summed E-state index contributed by atoms with van der Waals surface area (Å²) in [6.45, 7) is 3.34. The van der Waals surface area contributed by atoms with E-state index in [1.807, 2.05) is 19.1 Å². The molecule has 24 heavy (non-hydrogen) atoms. The minimum atomic E-state index is -3.88. The number of hydrogen-bond donors (Lipinski definition) is 0. The lowest BCUT2D eigenvalue weighted by atomic mass is 10.2. The first-order chi connectivity index (χ1) is 11.4. The number of nitrogens with zero attached hydrogens (tertiary/aromatic N) is 5. The van der Waals surface area contributed by atoms with E-state index in [0.717, 1.165) is 9.87 Å². The fraction of sp³-hybridized carbons (Fsp3) is 0.188. The molecule has 0 unspecified atom stereocenters. The first kappa shape index (κ1) is 16.0. The highest BCUT2D eigenvalue weighted by Gasteiger charge is 2.25. The smallest absolute Gasteiger partial charge is 0.266 e. The molecule has 0 spiro atoms. The van der Waals surface area contributed by atoms with Gasteiger partial charge in [0.15, 0.2) is 5.65 Å². The Balaban J connectivity index is 2.14. The van der Waals surface area contributed by atoms with Crippen LogP contribution in [0, 0.1) is 25.2 Å². The molecular formula is C16H15N5O2S. The molecule has 0 saturated carbocycles. The zero-order valence-electron chi connectivity index (χ0n) is 13.2. The highest BCUT2D eigenvalue weighted by atomic mass is 32.2. The van der Waals surface area contributed by atoms with Gasteiger partial charge in [-0.25, -0.2) is 8.42 Å². The van der Waals surface area contributed by atoms with E-state index >= 15 is 0 Å². The topological polar surface area (TPSA) is 91.4 Å². The lowest BCUT2D eigenvalue weighted by Gasteiger charge is -2.22. The van der Waals surface area contributed by atoms with Gasteiger partial charge in [0.1, 0.15) is 17.3 Å². The van der Waals surface area contributed by atoms with E-state index in [4.69, 9.17) is 5.26 Å². The van der Waals surface area contributed by atoms with Crippen LogP contribution >= 0.6 is 0 Å². The van der Waals surface area contributed by atoms with Crippen LogP contribution in [0.25, 0.3) is 5.65 Å². The van der Waals surface area contributed by atoms with Crippen LogP contribution in [0.4, 0.5) is 5.69 Å². The summed E-state index contributed by atoms with van der Waals surface area (Å²) in [5.41, 5.74) is 1.93. The second-order valence-corrected chi connectivity index (χ2v) is 7.21. The maximum Gasteiger partial charge on any atom is 0.266 e. The molecule has 0 saturated heterocycles. The van der Waals surface area contributed by atoms with Gasteiger partial charge in [0.05, 0.1) is 11.8 Å². The van der Waals surface area contributed by atoms with Gasteiger partial charge >= 0.3 is 0 Å². The van der Waals surface area contributed by atoms with Gasteiger partial charge in [0, 0.05) is 6.20 Å². The number of anilines is 1. The number of hydrogen-bond acceptors (Lipinski definition) is 5. The molecule has 0 aliphatic carbocycles. The molecule has 8 heteroatoms. The highest BCUT2D eigenvalue weighted by molar-refractivity contribution is 7.92. The molecule has 0 fully saturated rings. The van der Waals surface area contributed by atoms with Crippen molar-refractivity contribution < 1.29 is 8.42 Å². The van der Waals surface area contributed by atoms with Gasteiger partial charge in [-0.05, 0) is 43.7 Å². The molecular weight excluding hydrogens is 326 g/mol. The average Bonchev–Trinajstić information content (AvgIpc) is 2.93. The Labute approximate surface area is 139 Å². The first-order valence-electron chi connectivity index (χ1n) is 7.21. The fourth-order valence-corrected chi connectivity index (χ4v) is 3.78. The average molecular weight is 341 g/mol. The summed E-state index contributed by atoms with van der Waals surface area (Å²) in [5.74, 6) is 0.587. The van der Waals surface area contributed by atoms with Gasteiger partial charge in [-0.3, -0.25) is 8.71 Å². The quantitative estimate of drug-likeness (QED) is 0.677. The number of nitriles is 1. The minimum Gasteiger partial charge on any atom is -0.285 e. The lowest BCUT2D eigenvalue weighted by Crippen LogP contribution is -2.31. The Morgan fingerprint density at radius 3 is 2.71 bits per heavy atom. The lowest BCUT2D eigenvalue weighted by molar-refractivity contribution is 0.592. The number of pyridine rings is 1. The normalized spacial score (nSPS) is 11.4. The van der Waals surface area contributed by atoms with Crippen molar-refractivity contribution in [3.8, 4) is 6.07 Å². The Kier molecular flexibility index (Phi) is 3.95. The van der Waals surface area contributed by atoms with Crippen LogP contribution in [0.15, 0.2) is 47.5 Å². The zero-order chi connectivity index (χ0) is 17.3. The van der Waals surface area contributed by atoms with Crippen molar-refractivity contribution in [1.82, 2.24) is 14.6 Å². The van der Waals surface area contributed by atoms with Crippen LogP contribution in [0.3, 0.4) is 0 Å². The Bertz CT molecular complexity index is 1050. The van der Waals surface area contributed by atoms with E-state index in [-0.39, 0.29) is 11.4 Å². The predicted octanol–water partition coefficient (Wildman–Crippen LogP) is 2.07. The SMILES string of the molecule is Cc1cccc(N(CC#N)S(=O)(=O)c2ccc3nnc(C)n3c2)c1. The molecule has 7 nitrogen and oxygen atoms in total. The summed E-state index contributed by atoms with van der Waals surface area (Å²) in [7, 11) is -3.88. The van der Waals surface area contributed by atoms with Crippen molar-refractivity contribution in [3.05, 3.63) is 54.0 Å². The maximum atomic E-state index is 13.0. The van der Waals surface area contributed by atoms with Crippen LogP contribution in [-0.2, 0) is 10.0 Å². The minimum absolute atomic E-state index is 0.0784. The van der Waals surface area contributed by atoms with Crippen molar-refractivity contribution in [1.29, 1.82) is 5.26 Å². The van der Waals surface area contributed by atoms with Crippen molar-refractivity contribution in [2.45, 2.75) is 18.7 Å². The summed E-state index contributed by atoms with van der Waals surface area (Å²) >= 11 is 0. The summed E-state index contributed by atoms with van der Waals surface area (Å²) < 4.78 is 28.8. The van der Waals surface area contributed by atoms with Gasteiger partial charge in [-0.1, -0.05) is 12.1 Å². The third-order valence-electron chi connectivity index (χ3n) is 3.64. The van der Waals surface area contributed by atoms with Crippen LogP contribution in [0.5, 0.6) is 0 Å². The second-order valence-electron chi connectivity index (χ2n) is 5.35. The van der Waals surface area contributed by atoms with E-state index in [2.05, 4.69) is 10.2 Å². The van der Waals surface area contributed by atoms with E-state index in [0.29, 0.717) is 17.2 Å². The number of rotatable bonds is 4. The van der Waals surface area contributed by atoms with Gasteiger partial charge < -0.3 is 0 Å². The molecule has 1 aromatic carbocycles. The van der Waals surface area contributed by atoms with Crippen LogP contribution < -0.4 is 4.31 Å². The van der Waals surface area contributed by atoms with Crippen molar-refractivity contribution in [2.24, 2.45) is 0 Å². The van der Waals surface area contributed by atoms with Gasteiger partial charge in [0.2, 0.25) is 0 Å². The molecule has 0 aliphatic heterocycles. The number of aromatic nitrogens is 3. The van der Waals surface area contributed by atoms with E-state index < -0.39 is 10.0 Å². The third kappa shape index (κ3) is 2.70. The van der Waals surface area contributed by atoms with E-state index in [1.165, 1.54) is 12.3 Å². The number of fused-ring (bicyclic) bond motifs is 1. The summed E-state index contributed by atoms with van der Waals surface area (Å²) in [6, 6.07) is 12.0. The van der Waals surface area contributed by atoms with Gasteiger partial charge in [-0.15, -0.1) is 10.2 Å². The molecule has 0 amide bonds. The molecule has 0 N–H and O–H groups in total. The maximum absolute atomic E-state index is 13.0. The number of benzene rings is 1. The molecule has 0 aliphatic rings. The van der Waals surface area contributed by atoms with Crippen LogP contribution in [0.1, 0.15) is 11.4 Å². The van der Waals surface area contributed by atoms with Gasteiger partial charge in [-0.2, -0.15) is 5.26 Å². The van der Waals surface area contributed by atoms with Crippen molar-refractivity contribution in [2.75, 3.05) is 10.8 Å². The van der Waals surface area contributed by atoms with Gasteiger partial charge in [0.25, 0.3) is 10.0 Å². The number of aryl methyl sites for hydroxylation is 2. The summed E-state index contributed by atoms with van der Waals surface area (Å²) in [5, 5.41) is 16.9. The second kappa shape index (κ2) is 5.94. The standard InChI is InChI=1S/C16H15N5O2S/c1-12-4-3-5-14(10-12)21(9-8-17)24(22,23)15-6-7-16-19-18-13(2)20(16)11-15/h3-7,10-11H,9H2,1-2H3. The van der Waals surface area contributed by atoms with E-state index in [1.54, 1.807) is 35.6 Å². The fourth-order valence-electron chi connectivity index (χ4n) is 2.43. The molecule has 0 atom stereocenters. The summed E-state index contributed by atoms with van der Waals surface area (Å²) in [6.07, 6.45) is 1.47. The molecule has 3 rings (SSSR count). The molecule has 0 bridgehead atoms. The molecule has 2 heterocycles.